The standard InChI is InChI=1S/C7H10F2N2O/c1-5(2)3-6(11-4-10)12-7(8)9/h3-4,7,10H,1-2H3. The third-order valence-corrected chi connectivity index (χ3v) is 0.814. The molecule has 0 aromatic rings. The molecule has 12 heavy (non-hydrogen) atoms. The van der Waals surface area contributed by atoms with Crippen LogP contribution in [0.1, 0.15) is 13.8 Å². The molecule has 0 atom stereocenters. The number of halogens is 2. The molecule has 0 fully saturated rings. The average Bonchev–Trinajstić information content (AvgIpc) is 1.84. The summed E-state index contributed by atoms with van der Waals surface area (Å²) in [5.74, 6) is -0.250. The van der Waals surface area contributed by atoms with Crippen LogP contribution in [0.5, 0.6) is 0 Å². The fourth-order valence-corrected chi connectivity index (χ4v) is 0.504. The summed E-state index contributed by atoms with van der Waals surface area (Å²) in [6.07, 6.45) is 1.98. The van der Waals surface area contributed by atoms with Crippen LogP contribution in [0.3, 0.4) is 0 Å². The van der Waals surface area contributed by atoms with E-state index in [9.17, 15) is 8.78 Å². The van der Waals surface area contributed by atoms with Gasteiger partial charge in [-0.2, -0.15) is 8.78 Å². The highest BCUT2D eigenvalue weighted by molar-refractivity contribution is 5.92. The Labute approximate surface area is 69.3 Å². The predicted molar refractivity (Wildman–Crippen MR) is 42.7 cm³/mol. The Kier molecular flexibility index (Phi) is 4.83. The van der Waals surface area contributed by atoms with Crippen LogP contribution in [0, 0.1) is 5.41 Å². The lowest BCUT2D eigenvalue weighted by molar-refractivity contribution is -0.0591. The molecule has 1 N–H and O–H groups in total. The van der Waals surface area contributed by atoms with E-state index in [0.29, 0.717) is 6.34 Å². The minimum Gasteiger partial charge on any atom is -0.417 e. The number of alkyl halides is 2. The third-order valence-electron chi connectivity index (χ3n) is 0.814. The fourth-order valence-electron chi connectivity index (χ4n) is 0.504. The van der Waals surface area contributed by atoms with Crippen LogP contribution in [-0.4, -0.2) is 18.8 Å². The van der Waals surface area contributed by atoms with Gasteiger partial charge in [-0.05, 0) is 19.9 Å². The number of aliphatic imine (C=N–C) groups is 1. The van der Waals surface area contributed by atoms with Crippen molar-refractivity contribution in [2.45, 2.75) is 20.5 Å². The fraction of sp³-hybridized carbons (Fsp3) is 0.429. The second-order valence-corrected chi connectivity index (χ2v) is 2.20. The van der Waals surface area contributed by atoms with Crippen LogP contribution < -0.4 is 0 Å². The van der Waals surface area contributed by atoms with Crippen LogP contribution in [0.25, 0.3) is 0 Å². The Morgan fingerprint density at radius 1 is 1.50 bits per heavy atom. The molecular formula is C7H10F2N2O. The molecule has 0 aromatic heterocycles. The first-order valence-electron chi connectivity index (χ1n) is 3.22. The van der Waals surface area contributed by atoms with Crippen molar-refractivity contribution in [1.29, 1.82) is 5.41 Å². The van der Waals surface area contributed by atoms with Crippen molar-refractivity contribution >= 4 is 12.2 Å². The minimum absolute atomic E-state index is 0.250. The summed E-state index contributed by atoms with van der Waals surface area (Å²) in [5, 5.41) is 6.56. The number of hydrogen-bond acceptors (Lipinski definition) is 2. The van der Waals surface area contributed by atoms with Crippen LogP contribution in [-0.2, 0) is 4.74 Å². The van der Waals surface area contributed by atoms with Gasteiger partial charge in [-0.15, -0.1) is 0 Å². The van der Waals surface area contributed by atoms with Crippen molar-refractivity contribution in [3.05, 3.63) is 11.6 Å². The smallest absolute Gasteiger partial charge is 0.388 e. The van der Waals surface area contributed by atoms with Crippen molar-refractivity contribution in [1.82, 2.24) is 0 Å². The maximum absolute atomic E-state index is 11.7. The minimum atomic E-state index is -2.90. The number of nitrogens with one attached hydrogen (secondary N) is 1. The largest absolute Gasteiger partial charge is 0.417 e. The normalized spacial score (nSPS) is 11.2. The molecule has 0 aromatic carbocycles. The zero-order chi connectivity index (χ0) is 9.56. The highest BCUT2D eigenvalue weighted by Gasteiger charge is 2.05. The van der Waals surface area contributed by atoms with Gasteiger partial charge in [-0.25, -0.2) is 4.99 Å². The Morgan fingerprint density at radius 2 is 2.08 bits per heavy atom. The van der Waals surface area contributed by atoms with E-state index in [-0.39, 0.29) is 5.90 Å². The molecule has 0 heterocycles. The van der Waals surface area contributed by atoms with Gasteiger partial charge in [0, 0.05) is 0 Å². The topological polar surface area (TPSA) is 45.4 Å². The van der Waals surface area contributed by atoms with E-state index in [4.69, 9.17) is 5.41 Å². The molecule has 68 valence electrons. The number of rotatable bonds is 3. The van der Waals surface area contributed by atoms with Crippen LogP contribution in [0.15, 0.2) is 16.6 Å². The van der Waals surface area contributed by atoms with Gasteiger partial charge in [0.1, 0.15) is 6.34 Å². The Balaban J connectivity index is 4.35. The summed E-state index contributed by atoms with van der Waals surface area (Å²) in [7, 11) is 0. The number of nitrogens with zero attached hydrogens (tertiary/aromatic N) is 1. The molecule has 0 saturated carbocycles. The molecule has 0 spiro atoms. The van der Waals surface area contributed by atoms with E-state index >= 15 is 0 Å². The number of allylic oxidation sites excluding steroid dienone is 1. The predicted octanol–water partition coefficient (Wildman–Crippen LogP) is 2.20. The van der Waals surface area contributed by atoms with Gasteiger partial charge < -0.3 is 4.74 Å². The average molecular weight is 176 g/mol. The molecule has 3 nitrogen and oxygen atoms in total. The van der Waals surface area contributed by atoms with Gasteiger partial charge in [0.25, 0.3) is 0 Å². The van der Waals surface area contributed by atoms with Crippen molar-refractivity contribution in [3.8, 4) is 0 Å². The lowest BCUT2D eigenvalue weighted by Crippen LogP contribution is -2.07. The van der Waals surface area contributed by atoms with Crippen molar-refractivity contribution < 1.29 is 13.5 Å². The molecule has 0 aliphatic carbocycles. The molecule has 5 heteroatoms. The van der Waals surface area contributed by atoms with Crippen molar-refractivity contribution in [3.63, 3.8) is 0 Å². The van der Waals surface area contributed by atoms with Crippen molar-refractivity contribution in [2.24, 2.45) is 4.99 Å². The second kappa shape index (κ2) is 5.40. The maximum atomic E-state index is 11.7. The van der Waals surface area contributed by atoms with E-state index in [1.165, 1.54) is 6.08 Å². The number of hydrogen-bond donors (Lipinski definition) is 1. The van der Waals surface area contributed by atoms with E-state index < -0.39 is 6.61 Å². The maximum Gasteiger partial charge on any atom is 0.388 e. The molecule has 0 radical (unpaired) electrons. The SMILES string of the molecule is CC(C)=CC(=NC=N)OC(F)F. The highest BCUT2D eigenvalue weighted by Crippen LogP contribution is 2.00. The summed E-state index contributed by atoms with van der Waals surface area (Å²) < 4.78 is 27.3. The van der Waals surface area contributed by atoms with Crippen molar-refractivity contribution in [2.75, 3.05) is 0 Å². The van der Waals surface area contributed by atoms with Gasteiger partial charge >= 0.3 is 6.61 Å². The first-order valence-corrected chi connectivity index (χ1v) is 3.22. The van der Waals surface area contributed by atoms with E-state index in [0.717, 1.165) is 5.57 Å². The third kappa shape index (κ3) is 5.52. The molecular weight excluding hydrogens is 166 g/mol. The van der Waals surface area contributed by atoms with Crippen LogP contribution in [0.2, 0.25) is 0 Å². The van der Waals surface area contributed by atoms with E-state index in [2.05, 4.69) is 9.73 Å². The highest BCUT2D eigenvalue weighted by atomic mass is 19.3. The summed E-state index contributed by atoms with van der Waals surface area (Å²) >= 11 is 0. The monoisotopic (exact) mass is 176 g/mol. The van der Waals surface area contributed by atoms with Crippen LogP contribution >= 0.6 is 0 Å². The lowest BCUT2D eigenvalue weighted by atomic mass is 10.3. The zero-order valence-electron chi connectivity index (χ0n) is 6.84. The van der Waals surface area contributed by atoms with E-state index in [1.54, 1.807) is 13.8 Å². The zero-order valence-corrected chi connectivity index (χ0v) is 6.84. The Bertz CT molecular complexity index is 207. The molecule has 0 aliphatic heterocycles. The van der Waals surface area contributed by atoms with Crippen LogP contribution in [0.4, 0.5) is 8.78 Å². The van der Waals surface area contributed by atoms with Gasteiger partial charge in [0.15, 0.2) is 0 Å². The molecule has 0 amide bonds. The number of ether oxygens (including phenoxy) is 1. The molecule has 0 unspecified atom stereocenters. The van der Waals surface area contributed by atoms with Gasteiger partial charge in [-0.3, -0.25) is 5.41 Å². The summed E-state index contributed by atoms with van der Waals surface area (Å²) in [6, 6.07) is 0. The summed E-state index contributed by atoms with van der Waals surface area (Å²) in [6.45, 7) is 0.530. The summed E-state index contributed by atoms with van der Waals surface area (Å²) in [5.41, 5.74) is 0.774. The molecule has 0 rings (SSSR count). The van der Waals surface area contributed by atoms with Gasteiger partial charge in [-0.1, -0.05) is 5.57 Å². The molecule has 0 bridgehead atoms. The first kappa shape index (κ1) is 10.7. The quantitative estimate of drug-likeness (QED) is 0.520. The lowest BCUT2D eigenvalue weighted by Gasteiger charge is -2.02. The Morgan fingerprint density at radius 3 is 2.42 bits per heavy atom. The molecule has 0 aliphatic rings. The van der Waals surface area contributed by atoms with E-state index in [1.807, 2.05) is 0 Å². The van der Waals surface area contributed by atoms with Gasteiger partial charge in [0.2, 0.25) is 5.90 Å². The summed E-state index contributed by atoms with van der Waals surface area (Å²) in [4.78, 5) is 3.28. The Hall–Kier alpha value is -1.26. The van der Waals surface area contributed by atoms with Gasteiger partial charge in [0.05, 0.1) is 0 Å². The first-order chi connectivity index (χ1) is 5.56. The second-order valence-electron chi connectivity index (χ2n) is 2.20. The molecule has 0 saturated heterocycles.